The van der Waals surface area contributed by atoms with Gasteiger partial charge in [0.1, 0.15) is 5.58 Å². The summed E-state index contributed by atoms with van der Waals surface area (Å²) in [6.07, 6.45) is 0.183. The first kappa shape index (κ1) is 34.2. The Morgan fingerprint density at radius 3 is 2.14 bits per heavy atom. The maximum atomic E-state index is 14.7. The SMILES string of the molecule is [2H]C([2H])([2H])c1c[c-]c(-c2cc(C([2H])([2H])C(C)(C)C)[c]([Ge]([CH3])([CH3])[CH3])cn2)c(F)c1.[2H]C([2H])(c1ccnc(-c2[c-]ccc3c2oc2cc(-c4c(C)cccc4C)ccc23)c1)C(C)(C)C.[Ir]. The van der Waals surface area contributed by atoms with Gasteiger partial charge in [0.15, 0.2) is 0 Å². The molecular formula is C50H55FGeIrN2O-2. The maximum Gasteiger partial charge on any atom is 0.121 e. The van der Waals surface area contributed by atoms with E-state index < -0.39 is 49.5 Å². The zero-order valence-corrected chi connectivity index (χ0v) is 38.7. The molecular weight excluding hydrogens is 928 g/mol. The van der Waals surface area contributed by atoms with Crippen LogP contribution in [0.2, 0.25) is 17.3 Å². The smallest absolute Gasteiger partial charge is 0.121 e. The van der Waals surface area contributed by atoms with Gasteiger partial charge < -0.3 is 9.40 Å². The van der Waals surface area contributed by atoms with E-state index in [1.54, 1.807) is 24.5 Å². The average Bonchev–Trinajstić information content (AvgIpc) is 3.54. The molecule has 56 heavy (non-hydrogen) atoms. The second-order valence-corrected chi connectivity index (χ2v) is 27.9. The molecule has 7 aromatic rings. The van der Waals surface area contributed by atoms with Crippen molar-refractivity contribution in [3.63, 3.8) is 0 Å². The minimum atomic E-state index is -2.47. The quantitative estimate of drug-likeness (QED) is 0.123. The Hall–Kier alpha value is -3.90. The summed E-state index contributed by atoms with van der Waals surface area (Å²) in [6.45, 7) is 13.1. The van der Waals surface area contributed by atoms with Crippen molar-refractivity contribution in [3.05, 3.63) is 137 Å². The monoisotopic (exact) mass is 992 g/mol. The number of rotatable bonds is 6. The Bertz CT molecular complexity index is 2780. The summed E-state index contributed by atoms with van der Waals surface area (Å²) in [6, 6.07) is 30.0. The minimum absolute atomic E-state index is 0. The summed E-state index contributed by atoms with van der Waals surface area (Å²) < 4.78 is 79.1. The molecule has 0 fully saturated rings. The van der Waals surface area contributed by atoms with Crippen molar-refractivity contribution in [2.75, 3.05) is 0 Å². The number of hydrogen-bond acceptors (Lipinski definition) is 3. The molecule has 0 atom stereocenters. The molecule has 3 aromatic heterocycles. The zero-order valence-electron chi connectivity index (χ0n) is 41.2. The number of nitrogens with zero attached hydrogens (tertiary/aromatic N) is 2. The predicted octanol–water partition coefficient (Wildman–Crippen LogP) is 13.4. The van der Waals surface area contributed by atoms with E-state index in [2.05, 4.69) is 89.6 Å². The molecule has 0 saturated carbocycles. The molecule has 0 amide bonds. The van der Waals surface area contributed by atoms with Gasteiger partial charge in [0.05, 0.1) is 5.58 Å². The topological polar surface area (TPSA) is 38.9 Å². The Labute approximate surface area is 360 Å². The molecule has 293 valence electrons. The Kier molecular flexibility index (Phi) is 10.3. The molecule has 0 N–H and O–H groups in total. The fraction of sp³-hybridized carbons (Fsp3) is 0.320. The second kappa shape index (κ2) is 16.9. The van der Waals surface area contributed by atoms with E-state index in [9.17, 15) is 4.39 Å². The third kappa shape index (κ3) is 10.1. The van der Waals surface area contributed by atoms with Crippen molar-refractivity contribution in [1.82, 2.24) is 9.97 Å². The summed E-state index contributed by atoms with van der Waals surface area (Å²) in [5.41, 5.74) is 7.87. The number of aryl methyl sites for hydroxylation is 3. The van der Waals surface area contributed by atoms with Crippen molar-refractivity contribution in [1.29, 1.82) is 0 Å². The Morgan fingerprint density at radius 2 is 1.50 bits per heavy atom. The van der Waals surface area contributed by atoms with E-state index in [0.29, 0.717) is 16.8 Å². The van der Waals surface area contributed by atoms with Crippen LogP contribution in [-0.2, 0) is 32.9 Å². The van der Waals surface area contributed by atoms with Crippen molar-refractivity contribution in [2.45, 2.75) is 92.3 Å². The summed E-state index contributed by atoms with van der Waals surface area (Å²) >= 11 is -2.47. The number of benzene rings is 4. The fourth-order valence-electron chi connectivity index (χ4n) is 6.80. The number of hydrogen-bond donors (Lipinski definition) is 0. The molecule has 0 aliphatic heterocycles. The molecule has 0 spiro atoms. The fourth-order valence-corrected chi connectivity index (χ4v) is 9.72. The van der Waals surface area contributed by atoms with Crippen LogP contribution in [-0.4, -0.2) is 23.2 Å². The Balaban J connectivity index is 0.000000239. The molecule has 0 aliphatic carbocycles. The normalized spacial score (nSPS) is 14.6. The van der Waals surface area contributed by atoms with E-state index in [0.717, 1.165) is 43.5 Å². The molecule has 0 unspecified atom stereocenters. The summed E-state index contributed by atoms with van der Waals surface area (Å²) in [4.78, 5) is 8.95. The van der Waals surface area contributed by atoms with Gasteiger partial charge in [-0.2, -0.15) is 0 Å². The first-order valence-electron chi connectivity index (χ1n) is 22.2. The van der Waals surface area contributed by atoms with Crippen LogP contribution in [0.25, 0.3) is 55.6 Å². The van der Waals surface area contributed by atoms with Crippen molar-refractivity contribution in [2.24, 2.45) is 10.8 Å². The van der Waals surface area contributed by atoms with Crippen LogP contribution in [0.15, 0.2) is 95.7 Å². The van der Waals surface area contributed by atoms with Crippen LogP contribution < -0.4 is 4.40 Å². The van der Waals surface area contributed by atoms with E-state index in [1.165, 1.54) is 22.8 Å². The van der Waals surface area contributed by atoms with Gasteiger partial charge >= 0.3 is 149 Å². The number of pyridine rings is 2. The summed E-state index contributed by atoms with van der Waals surface area (Å²) in [5, 5.41) is 2.05. The second-order valence-electron chi connectivity index (χ2n) is 17.3. The van der Waals surface area contributed by atoms with Crippen molar-refractivity contribution in [3.8, 4) is 33.6 Å². The molecule has 7 rings (SSSR count). The van der Waals surface area contributed by atoms with Crippen molar-refractivity contribution >= 4 is 39.6 Å². The van der Waals surface area contributed by atoms with Gasteiger partial charge in [0, 0.05) is 34.4 Å². The maximum absolute atomic E-state index is 14.7. The largest absolute Gasteiger partial charge is 0.501 e. The van der Waals surface area contributed by atoms with Gasteiger partial charge in [-0.25, -0.2) is 0 Å². The average molecular weight is 991 g/mol. The summed E-state index contributed by atoms with van der Waals surface area (Å²) in [5.74, 6) is 5.76. The third-order valence-electron chi connectivity index (χ3n) is 9.11. The van der Waals surface area contributed by atoms with Gasteiger partial charge in [-0.1, -0.05) is 73.7 Å². The van der Waals surface area contributed by atoms with E-state index in [-0.39, 0.29) is 36.9 Å². The molecule has 0 bridgehead atoms. The van der Waals surface area contributed by atoms with Gasteiger partial charge in [-0.3, -0.25) is 0 Å². The molecule has 3 nitrogen and oxygen atoms in total. The van der Waals surface area contributed by atoms with E-state index in [4.69, 9.17) is 14.0 Å². The summed E-state index contributed by atoms with van der Waals surface area (Å²) in [7, 11) is 0. The standard InChI is InChI=1S/C30H28NO.C20H27FGeN.Ir/c1-19-8-6-9-20(2)28(19)22-12-13-23-24-10-7-11-25(29(24)32-27(23)17-22)26-16-21(14-15-31-26)18-30(3,4)5;1-14-8-9-16(17(21)10-14)19-11-15(12-20(2,3)4)18(13-23-19)22(5,6)7;/h6-10,12-17H,18H2,1-5H3;8,10-11,13H,12H2,1-7H3;/q2*-1;/i18D2;1D3,12D2;. The zero-order chi connectivity index (χ0) is 46.0. The van der Waals surface area contributed by atoms with Gasteiger partial charge in [0.2, 0.25) is 0 Å². The Morgan fingerprint density at radius 1 is 0.804 bits per heavy atom. The first-order valence-corrected chi connectivity index (χ1v) is 26.0. The van der Waals surface area contributed by atoms with Crippen LogP contribution in [0, 0.1) is 49.5 Å². The molecule has 1 radical (unpaired) electrons. The van der Waals surface area contributed by atoms with E-state index >= 15 is 0 Å². The van der Waals surface area contributed by atoms with Crippen LogP contribution in [0.4, 0.5) is 4.39 Å². The van der Waals surface area contributed by atoms with Gasteiger partial charge in [-0.15, -0.1) is 18.2 Å². The minimum Gasteiger partial charge on any atom is -0.501 e. The molecule has 6 heteroatoms. The number of halogens is 1. The third-order valence-corrected chi connectivity index (χ3v) is 13.3. The molecule has 0 saturated heterocycles. The van der Waals surface area contributed by atoms with Crippen LogP contribution in [0.1, 0.15) is 79.0 Å². The molecule has 4 aromatic carbocycles. The molecule has 3 heterocycles. The number of fused-ring (bicyclic) bond motifs is 3. The molecule has 0 aliphatic rings. The predicted molar refractivity (Wildman–Crippen MR) is 233 cm³/mol. The van der Waals surface area contributed by atoms with Gasteiger partial charge in [-0.05, 0) is 65.7 Å². The van der Waals surface area contributed by atoms with Crippen LogP contribution in [0.3, 0.4) is 0 Å². The van der Waals surface area contributed by atoms with Crippen LogP contribution >= 0.6 is 0 Å². The first-order chi connectivity index (χ1) is 28.5. The van der Waals surface area contributed by atoms with Crippen molar-refractivity contribution < 1.29 is 38.5 Å². The number of furan rings is 1. The van der Waals surface area contributed by atoms with E-state index in [1.807, 2.05) is 59.7 Å². The van der Waals surface area contributed by atoms with Gasteiger partial charge in [0.25, 0.3) is 0 Å². The van der Waals surface area contributed by atoms with Crippen LogP contribution in [0.5, 0.6) is 0 Å². The number of aromatic nitrogens is 2.